The molecule has 0 aliphatic carbocycles. The number of hydrogen-bond acceptors (Lipinski definition) is 8. The first-order chi connectivity index (χ1) is 12.7. The number of hydrogen-bond donors (Lipinski definition) is 1. The van der Waals surface area contributed by atoms with Gasteiger partial charge in [0.05, 0.1) is 36.7 Å². The van der Waals surface area contributed by atoms with Crippen molar-refractivity contribution in [2.45, 2.75) is 19.4 Å². The van der Waals surface area contributed by atoms with Crippen LogP contribution >= 0.6 is 11.6 Å². The summed E-state index contributed by atoms with van der Waals surface area (Å²) >= 11 is 5.91. The maximum absolute atomic E-state index is 14.7. The average molecular weight is 421 g/mol. The van der Waals surface area contributed by atoms with Crippen LogP contribution < -0.4 is 10.1 Å². The molecular formula is C16H18ClFN2O6S. The first-order valence-corrected chi connectivity index (χ1v) is 9.98. The van der Waals surface area contributed by atoms with Crippen LogP contribution in [0.5, 0.6) is 5.75 Å². The summed E-state index contributed by atoms with van der Waals surface area (Å²) in [5, 5.41) is 6.48. The second-order valence-corrected chi connectivity index (χ2v) is 7.49. The van der Waals surface area contributed by atoms with Crippen LogP contribution in [0.2, 0.25) is 5.02 Å². The highest BCUT2D eigenvalue weighted by atomic mass is 35.5. The van der Waals surface area contributed by atoms with Gasteiger partial charge >= 0.3 is 16.1 Å². The van der Waals surface area contributed by atoms with E-state index in [-0.39, 0.29) is 40.8 Å². The molecule has 1 aliphatic heterocycles. The number of allylic oxidation sites excluding steroid dienone is 1. The van der Waals surface area contributed by atoms with Gasteiger partial charge in [0.2, 0.25) is 0 Å². The number of esters is 1. The molecule has 1 heterocycles. The van der Waals surface area contributed by atoms with E-state index in [1.54, 1.807) is 6.92 Å². The van der Waals surface area contributed by atoms with Gasteiger partial charge in [0.1, 0.15) is 5.70 Å². The number of carbonyl (C=O) groups is 1. The predicted molar refractivity (Wildman–Crippen MR) is 96.5 cm³/mol. The van der Waals surface area contributed by atoms with Crippen molar-refractivity contribution in [3.63, 3.8) is 0 Å². The Morgan fingerprint density at radius 3 is 2.74 bits per heavy atom. The summed E-state index contributed by atoms with van der Waals surface area (Å²) in [5.41, 5.74) is 0.246. The Morgan fingerprint density at radius 2 is 2.15 bits per heavy atom. The van der Waals surface area contributed by atoms with Gasteiger partial charge in [-0.2, -0.15) is 8.42 Å². The van der Waals surface area contributed by atoms with E-state index in [9.17, 15) is 17.6 Å². The fraction of sp³-hybridized carbons (Fsp3) is 0.375. The van der Waals surface area contributed by atoms with Gasteiger partial charge in [0.25, 0.3) is 0 Å². The zero-order valence-electron chi connectivity index (χ0n) is 14.8. The van der Waals surface area contributed by atoms with Crippen LogP contribution in [0, 0.1) is 5.82 Å². The molecule has 2 rings (SSSR count). The molecule has 148 valence electrons. The van der Waals surface area contributed by atoms with Crippen LogP contribution in [0.15, 0.2) is 29.1 Å². The van der Waals surface area contributed by atoms with Crippen molar-refractivity contribution in [1.82, 2.24) is 5.32 Å². The summed E-state index contributed by atoms with van der Waals surface area (Å²) in [6.07, 6.45) is 2.15. The zero-order chi connectivity index (χ0) is 20.2. The largest absolute Gasteiger partial charge is 0.492 e. The lowest BCUT2D eigenvalue weighted by atomic mass is 9.96. The molecule has 1 aromatic carbocycles. The van der Waals surface area contributed by atoms with Crippen molar-refractivity contribution in [3.05, 3.63) is 40.3 Å². The lowest BCUT2D eigenvalue weighted by Gasteiger charge is -2.26. The smallest absolute Gasteiger partial charge is 0.354 e. The molecular weight excluding hydrogens is 403 g/mol. The Morgan fingerprint density at radius 1 is 1.44 bits per heavy atom. The second kappa shape index (κ2) is 8.57. The van der Waals surface area contributed by atoms with E-state index in [2.05, 4.69) is 14.8 Å². The average Bonchev–Trinajstić information content (AvgIpc) is 2.60. The van der Waals surface area contributed by atoms with E-state index >= 15 is 0 Å². The fourth-order valence-electron chi connectivity index (χ4n) is 2.41. The third kappa shape index (κ3) is 5.33. The van der Waals surface area contributed by atoms with Crippen LogP contribution in [-0.4, -0.2) is 40.1 Å². The van der Waals surface area contributed by atoms with Crippen molar-refractivity contribution in [2.24, 2.45) is 5.16 Å². The minimum Gasteiger partial charge on any atom is -0.492 e. The Balaban J connectivity index is 2.44. The molecule has 1 N–H and O–H groups in total. The van der Waals surface area contributed by atoms with Gasteiger partial charge in [-0.15, -0.1) is 0 Å². The van der Waals surface area contributed by atoms with Crippen molar-refractivity contribution < 1.29 is 31.4 Å². The first kappa shape index (κ1) is 21.0. The monoisotopic (exact) mass is 420 g/mol. The van der Waals surface area contributed by atoms with Crippen molar-refractivity contribution in [1.29, 1.82) is 0 Å². The van der Waals surface area contributed by atoms with Gasteiger partial charge < -0.3 is 14.8 Å². The summed E-state index contributed by atoms with van der Waals surface area (Å²) in [5.74, 6) is -1.55. The summed E-state index contributed by atoms with van der Waals surface area (Å²) < 4.78 is 51.4. The van der Waals surface area contributed by atoms with Gasteiger partial charge in [-0.1, -0.05) is 22.8 Å². The lowest BCUT2D eigenvalue weighted by molar-refractivity contribution is -0.139. The van der Waals surface area contributed by atoms with Crippen LogP contribution in [0.1, 0.15) is 24.9 Å². The third-order valence-electron chi connectivity index (χ3n) is 3.50. The van der Waals surface area contributed by atoms with Crippen molar-refractivity contribution in [3.8, 4) is 5.75 Å². The minimum atomic E-state index is -3.84. The molecule has 27 heavy (non-hydrogen) atoms. The van der Waals surface area contributed by atoms with E-state index in [1.807, 2.05) is 0 Å². The fourth-order valence-corrected chi connectivity index (χ4v) is 2.87. The molecule has 0 amide bonds. The van der Waals surface area contributed by atoms with Crippen LogP contribution in [-0.2, 0) is 23.9 Å². The molecule has 0 saturated carbocycles. The Bertz CT molecular complexity index is 900. The predicted octanol–water partition coefficient (Wildman–Crippen LogP) is 2.30. The van der Waals surface area contributed by atoms with Gasteiger partial charge in [0.15, 0.2) is 11.6 Å². The number of nitrogens with zero attached hydrogens (tertiary/aromatic N) is 1. The van der Waals surface area contributed by atoms with E-state index in [0.717, 1.165) is 6.26 Å². The summed E-state index contributed by atoms with van der Waals surface area (Å²) in [4.78, 5) is 12.1. The van der Waals surface area contributed by atoms with Crippen LogP contribution in [0.4, 0.5) is 4.39 Å². The van der Waals surface area contributed by atoms with Crippen LogP contribution in [0.25, 0.3) is 0 Å². The highest BCUT2D eigenvalue weighted by Crippen LogP contribution is 2.35. The standard InChI is InChI=1S/C16H18ClFN2O6S/c1-4-25-16(21)13-8-9(20-26-27(3,22)23)7-12(19-13)10-5-6-11(17)15(24-2)14(10)18/h5-6,8,12,19H,4,7H2,1-3H3/b20-9-. The Hall–Kier alpha value is -2.33. The SMILES string of the molecule is CCOC(=O)C1=C/C(=N\OS(C)(=O)=O)CC(c2ccc(Cl)c(OC)c2F)N1. The Kier molecular flexibility index (Phi) is 6.66. The maximum Gasteiger partial charge on any atom is 0.354 e. The summed E-state index contributed by atoms with van der Waals surface area (Å²) in [6, 6.07) is 2.12. The highest BCUT2D eigenvalue weighted by Gasteiger charge is 2.29. The van der Waals surface area contributed by atoms with E-state index in [1.165, 1.54) is 25.3 Å². The normalized spacial score (nSPS) is 18.5. The van der Waals surface area contributed by atoms with E-state index < -0.39 is 27.9 Å². The second-order valence-electron chi connectivity index (χ2n) is 5.52. The molecule has 0 spiro atoms. The number of ether oxygens (including phenoxy) is 2. The number of nitrogens with one attached hydrogen (secondary N) is 1. The number of methoxy groups -OCH3 is 1. The van der Waals surface area contributed by atoms with Gasteiger partial charge in [-0.25, -0.2) is 9.18 Å². The zero-order valence-corrected chi connectivity index (χ0v) is 16.4. The van der Waals surface area contributed by atoms with Gasteiger partial charge in [-0.3, -0.25) is 4.28 Å². The quantitative estimate of drug-likeness (QED) is 0.556. The molecule has 1 aromatic rings. The van der Waals surface area contributed by atoms with Crippen LogP contribution in [0.3, 0.4) is 0 Å². The number of oxime groups is 1. The summed E-state index contributed by atoms with van der Waals surface area (Å²) in [7, 11) is -2.57. The summed E-state index contributed by atoms with van der Waals surface area (Å²) in [6.45, 7) is 1.75. The third-order valence-corrected chi connectivity index (χ3v) is 4.14. The lowest BCUT2D eigenvalue weighted by Crippen LogP contribution is -2.33. The Labute approximate surface area is 161 Å². The first-order valence-electron chi connectivity index (χ1n) is 7.79. The maximum atomic E-state index is 14.7. The molecule has 1 unspecified atom stereocenters. The molecule has 0 radical (unpaired) electrons. The van der Waals surface area contributed by atoms with E-state index in [4.69, 9.17) is 21.1 Å². The molecule has 1 atom stereocenters. The minimum absolute atomic E-state index is 0.0164. The highest BCUT2D eigenvalue weighted by molar-refractivity contribution is 7.85. The number of rotatable bonds is 6. The molecule has 0 bridgehead atoms. The molecule has 11 heteroatoms. The molecule has 0 saturated heterocycles. The molecule has 0 fully saturated rings. The van der Waals surface area contributed by atoms with Gasteiger partial charge in [0, 0.05) is 12.0 Å². The van der Waals surface area contributed by atoms with Gasteiger partial charge in [-0.05, 0) is 19.1 Å². The van der Waals surface area contributed by atoms with E-state index in [0.29, 0.717) is 0 Å². The number of benzene rings is 1. The van der Waals surface area contributed by atoms with Crippen molar-refractivity contribution >= 4 is 33.4 Å². The number of carbonyl (C=O) groups excluding carboxylic acids is 1. The van der Waals surface area contributed by atoms with Crippen molar-refractivity contribution in [2.75, 3.05) is 20.0 Å². The molecule has 1 aliphatic rings. The molecule has 0 aromatic heterocycles. The number of halogens is 2. The topological polar surface area (TPSA) is 103 Å². The molecule has 8 nitrogen and oxygen atoms in total.